The van der Waals surface area contributed by atoms with E-state index in [0.717, 1.165) is 19.3 Å². The standard InChI is InChI=1S/C12H14N4OS/c13-9-6-14-16-11(9)15-12(17)8-2-1-3-10-7(8)4-5-18-10/h4-6,8H,1-3,13H2,(H2,14,15,16,17). The first-order valence-corrected chi connectivity index (χ1v) is 6.79. The van der Waals surface area contributed by atoms with Gasteiger partial charge in [-0.05, 0) is 36.3 Å². The minimum absolute atomic E-state index is 0.00898. The fraction of sp³-hybridized carbons (Fsp3) is 0.333. The second kappa shape index (κ2) is 4.45. The Bertz CT molecular complexity index is 574. The number of thiophene rings is 1. The van der Waals surface area contributed by atoms with Crippen molar-refractivity contribution in [3.05, 3.63) is 28.1 Å². The van der Waals surface area contributed by atoms with Gasteiger partial charge in [-0.1, -0.05) is 0 Å². The summed E-state index contributed by atoms with van der Waals surface area (Å²) in [4.78, 5) is 13.6. The minimum Gasteiger partial charge on any atom is -0.394 e. The smallest absolute Gasteiger partial charge is 0.233 e. The lowest BCUT2D eigenvalue weighted by Gasteiger charge is -2.21. The molecule has 18 heavy (non-hydrogen) atoms. The first kappa shape index (κ1) is 11.3. The van der Waals surface area contributed by atoms with E-state index in [1.165, 1.54) is 16.6 Å². The van der Waals surface area contributed by atoms with Crippen molar-refractivity contribution in [2.45, 2.75) is 25.2 Å². The Labute approximate surface area is 108 Å². The van der Waals surface area contributed by atoms with Crippen LogP contribution in [0.1, 0.15) is 29.2 Å². The third kappa shape index (κ3) is 1.88. The number of amides is 1. The zero-order valence-electron chi connectivity index (χ0n) is 9.77. The van der Waals surface area contributed by atoms with Gasteiger partial charge in [-0.2, -0.15) is 5.10 Å². The summed E-state index contributed by atoms with van der Waals surface area (Å²) in [5.41, 5.74) is 7.32. The quantitative estimate of drug-likeness (QED) is 0.775. The molecule has 0 aliphatic heterocycles. The van der Waals surface area contributed by atoms with Crippen LogP contribution in [-0.2, 0) is 11.2 Å². The topological polar surface area (TPSA) is 83.8 Å². The van der Waals surface area contributed by atoms with E-state index in [-0.39, 0.29) is 11.8 Å². The Morgan fingerprint density at radius 3 is 3.28 bits per heavy atom. The molecule has 5 nitrogen and oxygen atoms in total. The molecule has 0 spiro atoms. The molecule has 6 heteroatoms. The maximum atomic E-state index is 12.3. The summed E-state index contributed by atoms with van der Waals surface area (Å²) in [6.45, 7) is 0. The lowest BCUT2D eigenvalue weighted by atomic mass is 9.87. The number of aromatic amines is 1. The number of hydrogen-bond donors (Lipinski definition) is 3. The van der Waals surface area contributed by atoms with Crippen LogP contribution in [0.25, 0.3) is 0 Å². The summed E-state index contributed by atoms with van der Waals surface area (Å²) in [6, 6.07) is 2.06. The lowest BCUT2D eigenvalue weighted by molar-refractivity contribution is -0.117. The van der Waals surface area contributed by atoms with Gasteiger partial charge >= 0.3 is 0 Å². The van der Waals surface area contributed by atoms with Gasteiger partial charge in [-0.3, -0.25) is 9.89 Å². The molecule has 2 aromatic heterocycles. The van der Waals surface area contributed by atoms with Gasteiger partial charge in [-0.15, -0.1) is 11.3 Å². The molecule has 1 atom stereocenters. The molecule has 0 saturated heterocycles. The van der Waals surface area contributed by atoms with Crippen LogP contribution in [0.15, 0.2) is 17.6 Å². The summed E-state index contributed by atoms with van der Waals surface area (Å²) < 4.78 is 0. The summed E-state index contributed by atoms with van der Waals surface area (Å²) in [5, 5.41) is 11.4. The van der Waals surface area contributed by atoms with E-state index < -0.39 is 0 Å². The van der Waals surface area contributed by atoms with Crippen LogP contribution in [-0.4, -0.2) is 16.1 Å². The van der Waals surface area contributed by atoms with Gasteiger partial charge in [0.2, 0.25) is 5.91 Å². The van der Waals surface area contributed by atoms with Crippen molar-refractivity contribution in [2.75, 3.05) is 11.1 Å². The molecule has 0 saturated carbocycles. The zero-order chi connectivity index (χ0) is 12.5. The summed E-state index contributed by atoms with van der Waals surface area (Å²) in [5.74, 6) is 0.412. The number of carbonyl (C=O) groups is 1. The van der Waals surface area contributed by atoms with Gasteiger partial charge in [0.25, 0.3) is 0 Å². The van der Waals surface area contributed by atoms with Crippen LogP contribution in [0.4, 0.5) is 11.5 Å². The van der Waals surface area contributed by atoms with Crippen LogP contribution >= 0.6 is 11.3 Å². The molecular formula is C12H14N4OS. The zero-order valence-corrected chi connectivity index (χ0v) is 10.6. The third-order valence-electron chi connectivity index (χ3n) is 3.29. The summed E-state index contributed by atoms with van der Waals surface area (Å²) >= 11 is 1.73. The van der Waals surface area contributed by atoms with Crippen molar-refractivity contribution >= 4 is 28.7 Å². The van der Waals surface area contributed by atoms with Crippen molar-refractivity contribution in [2.24, 2.45) is 0 Å². The Balaban J connectivity index is 1.81. The largest absolute Gasteiger partial charge is 0.394 e. The van der Waals surface area contributed by atoms with E-state index in [0.29, 0.717) is 11.5 Å². The molecule has 94 valence electrons. The van der Waals surface area contributed by atoms with Gasteiger partial charge in [0, 0.05) is 4.88 Å². The number of H-pyrrole nitrogens is 1. The van der Waals surface area contributed by atoms with E-state index in [1.807, 2.05) is 0 Å². The first-order chi connectivity index (χ1) is 8.75. The number of nitrogens with zero attached hydrogens (tertiary/aromatic N) is 1. The van der Waals surface area contributed by atoms with E-state index in [4.69, 9.17) is 5.73 Å². The number of hydrogen-bond acceptors (Lipinski definition) is 4. The number of rotatable bonds is 2. The molecule has 1 aliphatic rings. The molecule has 1 unspecified atom stereocenters. The van der Waals surface area contributed by atoms with Crippen LogP contribution < -0.4 is 11.1 Å². The van der Waals surface area contributed by atoms with Crippen molar-refractivity contribution in [3.8, 4) is 0 Å². The highest BCUT2D eigenvalue weighted by molar-refractivity contribution is 7.10. The molecule has 2 aromatic rings. The molecule has 0 aromatic carbocycles. The van der Waals surface area contributed by atoms with Gasteiger partial charge in [0.1, 0.15) is 0 Å². The predicted octanol–water partition coefficient (Wildman–Crippen LogP) is 2.11. The Kier molecular flexibility index (Phi) is 2.79. The normalized spacial score (nSPS) is 18.3. The van der Waals surface area contributed by atoms with Gasteiger partial charge in [0.05, 0.1) is 17.8 Å². The number of carbonyl (C=O) groups excluding carboxylic acids is 1. The van der Waals surface area contributed by atoms with Crippen LogP contribution in [0, 0.1) is 0 Å². The molecule has 0 fully saturated rings. The maximum Gasteiger partial charge on any atom is 0.233 e. The highest BCUT2D eigenvalue weighted by atomic mass is 32.1. The number of nitrogens with two attached hydrogens (primary N) is 1. The summed E-state index contributed by atoms with van der Waals surface area (Å²) in [7, 11) is 0. The van der Waals surface area contributed by atoms with Gasteiger partial charge < -0.3 is 11.1 Å². The fourth-order valence-electron chi connectivity index (χ4n) is 2.36. The highest BCUT2D eigenvalue weighted by Gasteiger charge is 2.27. The molecule has 1 aliphatic carbocycles. The Hall–Kier alpha value is -1.82. The molecule has 2 heterocycles. The van der Waals surface area contributed by atoms with Crippen molar-refractivity contribution in [1.82, 2.24) is 10.2 Å². The van der Waals surface area contributed by atoms with Crippen LogP contribution in [0.2, 0.25) is 0 Å². The second-order valence-corrected chi connectivity index (χ2v) is 5.43. The van der Waals surface area contributed by atoms with Crippen molar-refractivity contribution in [1.29, 1.82) is 0 Å². The number of fused-ring (bicyclic) bond motifs is 1. The van der Waals surface area contributed by atoms with E-state index in [9.17, 15) is 4.79 Å². The summed E-state index contributed by atoms with van der Waals surface area (Å²) in [6.07, 6.45) is 4.53. The lowest BCUT2D eigenvalue weighted by Crippen LogP contribution is -2.24. The van der Waals surface area contributed by atoms with Crippen LogP contribution in [0.3, 0.4) is 0 Å². The monoisotopic (exact) mass is 262 g/mol. The molecule has 3 rings (SSSR count). The molecular weight excluding hydrogens is 248 g/mol. The number of anilines is 2. The van der Waals surface area contributed by atoms with Gasteiger partial charge in [-0.25, -0.2) is 0 Å². The van der Waals surface area contributed by atoms with Crippen LogP contribution in [0.5, 0.6) is 0 Å². The number of nitrogens with one attached hydrogen (secondary N) is 2. The van der Waals surface area contributed by atoms with Crippen molar-refractivity contribution < 1.29 is 4.79 Å². The number of nitrogen functional groups attached to an aromatic ring is 1. The number of aryl methyl sites for hydroxylation is 1. The first-order valence-electron chi connectivity index (χ1n) is 5.91. The molecule has 4 N–H and O–H groups in total. The van der Waals surface area contributed by atoms with E-state index >= 15 is 0 Å². The maximum absolute atomic E-state index is 12.3. The fourth-order valence-corrected chi connectivity index (χ4v) is 3.35. The molecule has 0 radical (unpaired) electrons. The molecule has 0 bridgehead atoms. The number of aromatic nitrogens is 2. The Morgan fingerprint density at radius 1 is 1.61 bits per heavy atom. The van der Waals surface area contributed by atoms with E-state index in [1.54, 1.807) is 11.3 Å². The average molecular weight is 262 g/mol. The third-order valence-corrected chi connectivity index (χ3v) is 4.28. The minimum atomic E-state index is -0.0669. The molecule has 1 amide bonds. The second-order valence-electron chi connectivity index (χ2n) is 4.43. The average Bonchev–Trinajstić information content (AvgIpc) is 2.98. The van der Waals surface area contributed by atoms with E-state index in [2.05, 4.69) is 27.0 Å². The van der Waals surface area contributed by atoms with Gasteiger partial charge in [0.15, 0.2) is 5.82 Å². The highest BCUT2D eigenvalue weighted by Crippen LogP contribution is 2.35. The van der Waals surface area contributed by atoms with Crippen molar-refractivity contribution in [3.63, 3.8) is 0 Å². The Morgan fingerprint density at radius 2 is 2.50 bits per heavy atom. The predicted molar refractivity (Wildman–Crippen MR) is 71.6 cm³/mol. The SMILES string of the molecule is Nc1cn[nH]c1NC(=O)C1CCCc2sccc21.